The van der Waals surface area contributed by atoms with Crippen molar-refractivity contribution >= 4 is 5.91 Å². The summed E-state index contributed by atoms with van der Waals surface area (Å²) in [6, 6.07) is 8.92. The average Bonchev–Trinajstić information content (AvgIpc) is 2.54. The number of amides is 1. The first-order valence-electron chi connectivity index (χ1n) is 7.22. The first-order valence-corrected chi connectivity index (χ1v) is 7.22. The minimum Gasteiger partial charge on any atom is -0.406 e. The zero-order chi connectivity index (χ0) is 18.4. The van der Waals surface area contributed by atoms with E-state index in [4.69, 9.17) is 0 Å². The Bertz CT molecular complexity index is 772. The fraction of sp³-hybridized carbons (Fsp3) is 0.250. The fourth-order valence-electron chi connectivity index (χ4n) is 2.02. The summed E-state index contributed by atoms with van der Waals surface area (Å²) in [6.07, 6.45) is -4.30. The quantitative estimate of drug-likeness (QED) is 0.823. The van der Waals surface area contributed by atoms with E-state index in [1.54, 1.807) is 12.1 Å². The lowest BCUT2D eigenvalue weighted by Gasteiger charge is -2.14. The first kappa shape index (κ1) is 18.5. The largest absolute Gasteiger partial charge is 0.573 e. The Morgan fingerprint density at radius 2 is 1.88 bits per heavy atom. The molecule has 0 aliphatic rings. The summed E-state index contributed by atoms with van der Waals surface area (Å²) in [5.41, 5.74) is -0.174. The third-order valence-corrected chi connectivity index (χ3v) is 3.15. The van der Waals surface area contributed by atoms with Gasteiger partial charge in [-0.2, -0.15) is 0 Å². The van der Waals surface area contributed by atoms with Crippen molar-refractivity contribution < 1.29 is 27.8 Å². The first-order chi connectivity index (χ1) is 11.7. The van der Waals surface area contributed by atoms with Gasteiger partial charge in [-0.15, -0.1) is 13.2 Å². The highest BCUT2D eigenvalue weighted by Gasteiger charge is 2.31. The molecule has 2 N–H and O–H groups in total. The minimum atomic E-state index is -4.80. The van der Waals surface area contributed by atoms with Gasteiger partial charge in [-0.25, -0.2) is 0 Å². The van der Waals surface area contributed by atoms with Gasteiger partial charge in [0.15, 0.2) is 0 Å². The lowest BCUT2D eigenvalue weighted by atomic mass is 10.2. The monoisotopic (exact) mass is 356 g/mol. The van der Waals surface area contributed by atoms with Crippen molar-refractivity contribution in [1.29, 1.82) is 0 Å². The predicted molar refractivity (Wildman–Crippen MR) is 82.2 cm³/mol. The normalized spacial score (nSPS) is 12.5. The smallest absolute Gasteiger partial charge is 0.406 e. The number of aromatic nitrogens is 1. The summed E-state index contributed by atoms with van der Waals surface area (Å²) in [6.45, 7) is -0.126. The number of carbonyl (C=O) groups is 1. The van der Waals surface area contributed by atoms with Crippen LogP contribution in [0, 0.1) is 0 Å². The van der Waals surface area contributed by atoms with E-state index in [9.17, 15) is 27.9 Å². The second kappa shape index (κ2) is 7.84. The number of ether oxygens (including phenoxy) is 1. The van der Waals surface area contributed by atoms with Crippen LogP contribution in [0.3, 0.4) is 0 Å². The molecule has 0 fully saturated rings. The lowest BCUT2D eigenvalue weighted by molar-refractivity contribution is -0.274. The maximum Gasteiger partial charge on any atom is 0.573 e. The summed E-state index contributed by atoms with van der Waals surface area (Å²) in [5, 5.41) is 12.3. The van der Waals surface area contributed by atoms with Gasteiger partial charge in [0.25, 0.3) is 11.5 Å². The van der Waals surface area contributed by atoms with E-state index in [2.05, 4.69) is 10.1 Å². The second-order valence-electron chi connectivity index (χ2n) is 5.13. The molecule has 0 bridgehead atoms. The summed E-state index contributed by atoms with van der Waals surface area (Å²) in [5.74, 6) is -1.01. The van der Waals surface area contributed by atoms with Gasteiger partial charge < -0.3 is 19.7 Å². The van der Waals surface area contributed by atoms with E-state index < -0.39 is 24.1 Å². The molecule has 1 amide bonds. The van der Waals surface area contributed by atoms with E-state index in [1.165, 1.54) is 29.0 Å². The molecule has 2 rings (SSSR count). The Kier molecular flexibility index (Phi) is 5.81. The third-order valence-electron chi connectivity index (χ3n) is 3.15. The number of carbonyl (C=O) groups excluding carboxylic acids is 1. The van der Waals surface area contributed by atoms with E-state index in [-0.39, 0.29) is 24.2 Å². The Hall–Kier alpha value is -2.81. The number of aliphatic hydroxyl groups is 1. The molecule has 1 aromatic heterocycles. The van der Waals surface area contributed by atoms with Crippen molar-refractivity contribution in [3.63, 3.8) is 0 Å². The molecular weight excluding hydrogens is 341 g/mol. The van der Waals surface area contributed by atoms with Crippen LogP contribution in [0.5, 0.6) is 5.75 Å². The molecule has 0 radical (unpaired) electrons. The molecule has 1 unspecified atom stereocenters. The van der Waals surface area contributed by atoms with Gasteiger partial charge in [0, 0.05) is 24.4 Å². The van der Waals surface area contributed by atoms with Gasteiger partial charge in [0.2, 0.25) is 0 Å². The summed E-state index contributed by atoms with van der Waals surface area (Å²) < 4.78 is 41.2. The highest BCUT2D eigenvalue weighted by atomic mass is 19.4. The molecule has 9 heteroatoms. The maximum atomic E-state index is 12.1. The molecular formula is C16H15F3N2O4. The van der Waals surface area contributed by atoms with Gasteiger partial charge in [-0.05, 0) is 30.3 Å². The van der Waals surface area contributed by atoms with Crippen LogP contribution in [0.1, 0.15) is 10.4 Å². The number of aliphatic hydroxyl groups excluding tert-OH is 1. The summed E-state index contributed by atoms with van der Waals surface area (Å²) in [4.78, 5) is 23.4. The topological polar surface area (TPSA) is 80.6 Å². The highest BCUT2D eigenvalue weighted by Crippen LogP contribution is 2.22. The van der Waals surface area contributed by atoms with Crippen molar-refractivity contribution in [2.45, 2.75) is 19.0 Å². The number of hydrogen-bond acceptors (Lipinski definition) is 4. The summed E-state index contributed by atoms with van der Waals surface area (Å²) >= 11 is 0. The Balaban J connectivity index is 1.87. The van der Waals surface area contributed by atoms with Gasteiger partial charge in [0.05, 0.1) is 12.6 Å². The van der Waals surface area contributed by atoms with Gasteiger partial charge >= 0.3 is 6.36 Å². The molecule has 25 heavy (non-hydrogen) atoms. The third kappa shape index (κ3) is 5.96. The molecule has 0 aliphatic carbocycles. The van der Waals surface area contributed by atoms with Crippen molar-refractivity contribution in [3.8, 4) is 5.75 Å². The lowest BCUT2D eigenvalue weighted by Crippen LogP contribution is -2.36. The maximum absolute atomic E-state index is 12.1. The molecule has 134 valence electrons. The van der Waals surface area contributed by atoms with Crippen LogP contribution in [0.2, 0.25) is 0 Å². The fourth-order valence-corrected chi connectivity index (χ4v) is 2.02. The Morgan fingerprint density at radius 3 is 2.48 bits per heavy atom. The molecule has 2 aromatic rings. The number of pyridine rings is 1. The molecule has 6 nitrogen and oxygen atoms in total. The van der Waals surface area contributed by atoms with E-state index >= 15 is 0 Å². The second-order valence-corrected chi connectivity index (χ2v) is 5.13. The van der Waals surface area contributed by atoms with Crippen LogP contribution in [-0.2, 0) is 6.54 Å². The Labute approximate surface area is 140 Å². The molecule has 0 spiro atoms. The minimum absolute atomic E-state index is 0.00167. The molecule has 1 atom stereocenters. The number of nitrogens with zero attached hydrogens (tertiary/aromatic N) is 1. The van der Waals surface area contributed by atoms with Crippen molar-refractivity contribution in [3.05, 3.63) is 64.6 Å². The van der Waals surface area contributed by atoms with Crippen LogP contribution in [0.4, 0.5) is 13.2 Å². The van der Waals surface area contributed by atoms with Gasteiger partial charge in [-0.1, -0.05) is 6.07 Å². The molecule has 0 aliphatic heterocycles. The number of benzene rings is 1. The zero-order valence-corrected chi connectivity index (χ0v) is 12.9. The van der Waals surface area contributed by atoms with Crippen LogP contribution >= 0.6 is 0 Å². The van der Waals surface area contributed by atoms with E-state index in [0.717, 1.165) is 12.1 Å². The van der Waals surface area contributed by atoms with Crippen molar-refractivity contribution in [2.75, 3.05) is 6.54 Å². The number of halogens is 3. The number of alkyl halides is 3. The zero-order valence-electron chi connectivity index (χ0n) is 12.9. The molecule has 1 heterocycles. The van der Waals surface area contributed by atoms with Crippen LogP contribution in [-0.4, -0.2) is 34.6 Å². The van der Waals surface area contributed by atoms with Crippen LogP contribution < -0.4 is 15.6 Å². The predicted octanol–water partition coefficient (Wildman–Crippen LogP) is 1.54. The van der Waals surface area contributed by atoms with E-state index in [0.29, 0.717) is 0 Å². The molecule has 1 aromatic carbocycles. The number of rotatable bonds is 6. The van der Waals surface area contributed by atoms with Crippen molar-refractivity contribution in [1.82, 2.24) is 9.88 Å². The molecule has 0 saturated heterocycles. The standard InChI is InChI=1S/C16H15F3N2O4/c17-16(18,19)25-13-6-4-11(5-7-13)15(24)20-9-12(22)10-21-8-2-1-3-14(21)23/h1-8,12,22H,9-10H2,(H,20,24). The number of nitrogens with one attached hydrogen (secondary N) is 1. The average molecular weight is 356 g/mol. The van der Waals surface area contributed by atoms with E-state index in [1.807, 2.05) is 0 Å². The molecule has 0 saturated carbocycles. The SMILES string of the molecule is O=C(NCC(O)Cn1ccccc1=O)c1ccc(OC(F)(F)F)cc1. The van der Waals surface area contributed by atoms with Crippen molar-refractivity contribution in [2.24, 2.45) is 0 Å². The summed E-state index contributed by atoms with van der Waals surface area (Å²) in [7, 11) is 0. The van der Waals surface area contributed by atoms with Gasteiger partial charge in [-0.3, -0.25) is 9.59 Å². The number of hydrogen-bond donors (Lipinski definition) is 2. The van der Waals surface area contributed by atoms with Gasteiger partial charge in [0.1, 0.15) is 5.75 Å². The van der Waals surface area contributed by atoms with Crippen LogP contribution in [0.15, 0.2) is 53.5 Å². The Morgan fingerprint density at radius 1 is 1.20 bits per heavy atom. The highest BCUT2D eigenvalue weighted by molar-refractivity contribution is 5.94. The van der Waals surface area contributed by atoms with Crippen LogP contribution in [0.25, 0.3) is 0 Å².